The topological polar surface area (TPSA) is 43.4 Å². The summed E-state index contributed by atoms with van der Waals surface area (Å²) in [5.74, 6) is -0.438. The zero-order chi connectivity index (χ0) is 10.9. The Morgan fingerprint density at radius 2 is 1.46 bits per heavy atom. The Hall–Kier alpha value is -0.570. The minimum atomic E-state index is -0.929. The van der Waals surface area contributed by atoms with Crippen molar-refractivity contribution in [3.63, 3.8) is 0 Å². The Kier molecular flexibility index (Phi) is 3.50. The van der Waals surface area contributed by atoms with Gasteiger partial charge < -0.3 is 4.74 Å². The molecule has 0 rings (SSSR count). The van der Waals surface area contributed by atoms with Crippen molar-refractivity contribution in [1.29, 1.82) is 0 Å². The maximum Gasteiger partial charge on any atom is 0.312 e. The lowest BCUT2D eigenvalue weighted by Crippen LogP contribution is -2.44. The third kappa shape index (κ3) is 2.02. The van der Waals surface area contributed by atoms with Gasteiger partial charge in [0.2, 0.25) is 5.24 Å². The zero-order valence-electron chi connectivity index (χ0n) is 8.60. The largest absolute Gasteiger partial charge is 0.469 e. The summed E-state index contributed by atoms with van der Waals surface area (Å²) in [4.78, 5) is 22.4. The Labute approximate surface area is 83.4 Å². The Bertz CT molecular complexity index is 231. The third-order valence-corrected chi connectivity index (χ3v) is 3.22. The number of methoxy groups -OCH3 is 1. The number of hydrogen-bond acceptors (Lipinski definition) is 3. The van der Waals surface area contributed by atoms with Gasteiger partial charge in [-0.25, -0.2) is 0 Å². The molecule has 0 aliphatic heterocycles. The minimum Gasteiger partial charge on any atom is -0.469 e. The lowest BCUT2D eigenvalue weighted by Gasteiger charge is -2.35. The van der Waals surface area contributed by atoms with Gasteiger partial charge in [-0.1, -0.05) is 13.8 Å². The van der Waals surface area contributed by atoms with Crippen molar-refractivity contribution in [1.82, 2.24) is 0 Å². The zero-order valence-corrected chi connectivity index (χ0v) is 9.36. The molecule has 0 atom stereocenters. The molecule has 0 amide bonds. The summed E-state index contributed by atoms with van der Waals surface area (Å²) in [6.07, 6.45) is 0. The Morgan fingerprint density at radius 3 is 1.69 bits per heavy atom. The van der Waals surface area contributed by atoms with Gasteiger partial charge in [0.1, 0.15) is 0 Å². The van der Waals surface area contributed by atoms with E-state index in [1.807, 2.05) is 0 Å². The standard InChI is InChI=1S/C9H15ClO3/c1-8(2,6(10)11)9(3,4)7(12)13-5/h1-5H3. The average Bonchev–Trinajstić information content (AvgIpc) is 2.02. The maximum atomic E-state index is 11.4. The van der Waals surface area contributed by atoms with E-state index in [4.69, 9.17) is 11.6 Å². The first-order chi connectivity index (χ1) is 5.67. The van der Waals surface area contributed by atoms with Crippen LogP contribution in [0.3, 0.4) is 0 Å². The van der Waals surface area contributed by atoms with Crippen LogP contribution in [0.25, 0.3) is 0 Å². The third-order valence-electron chi connectivity index (χ3n) is 2.75. The molecular weight excluding hydrogens is 192 g/mol. The smallest absolute Gasteiger partial charge is 0.312 e. The number of ether oxygens (including phenoxy) is 1. The maximum absolute atomic E-state index is 11.4. The lowest BCUT2D eigenvalue weighted by molar-refractivity contribution is -0.160. The van der Waals surface area contributed by atoms with Gasteiger partial charge in [0.15, 0.2) is 0 Å². The van der Waals surface area contributed by atoms with Gasteiger partial charge in [-0.2, -0.15) is 0 Å². The van der Waals surface area contributed by atoms with Crippen LogP contribution in [0, 0.1) is 10.8 Å². The van der Waals surface area contributed by atoms with Crippen molar-refractivity contribution in [3.8, 4) is 0 Å². The van der Waals surface area contributed by atoms with Crippen molar-refractivity contribution in [2.24, 2.45) is 10.8 Å². The van der Waals surface area contributed by atoms with E-state index in [1.165, 1.54) is 7.11 Å². The molecule has 0 radical (unpaired) electrons. The van der Waals surface area contributed by atoms with Gasteiger partial charge >= 0.3 is 5.97 Å². The van der Waals surface area contributed by atoms with Crippen LogP contribution < -0.4 is 0 Å². The Morgan fingerprint density at radius 1 is 1.08 bits per heavy atom. The van der Waals surface area contributed by atoms with Crippen LogP contribution >= 0.6 is 11.6 Å². The number of esters is 1. The van der Waals surface area contributed by atoms with Gasteiger partial charge in [0.05, 0.1) is 17.9 Å². The van der Waals surface area contributed by atoms with E-state index in [1.54, 1.807) is 27.7 Å². The molecule has 0 bridgehead atoms. The molecule has 0 heterocycles. The van der Waals surface area contributed by atoms with Crippen molar-refractivity contribution in [2.45, 2.75) is 27.7 Å². The summed E-state index contributed by atoms with van der Waals surface area (Å²) in [5, 5.41) is -0.539. The molecule has 0 aromatic heterocycles. The van der Waals surface area contributed by atoms with E-state index in [0.29, 0.717) is 0 Å². The summed E-state index contributed by atoms with van der Waals surface area (Å²) in [6, 6.07) is 0. The molecule has 13 heavy (non-hydrogen) atoms. The summed E-state index contributed by atoms with van der Waals surface area (Å²) in [7, 11) is 1.29. The van der Waals surface area contributed by atoms with Crippen LogP contribution in [-0.4, -0.2) is 18.3 Å². The van der Waals surface area contributed by atoms with Gasteiger partial charge in [-0.3, -0.25) is 9.59 Å². The molecule has 0 N–H and O–H groups in total. The molecule has 0 saturated carbocycles. The average molecular weight is 207 g/mol. The first-order valence-electron chi connectivity index (χ1n) is 3.96. The van der Waals surface area contributed by atoms with Gasteiger partial charge in [0.25, 0.3) is 0 Å². The predicted octanol–water partition coefficient (Wildman–Crippen LogP) is 1.98. The van der Waals surface area contributed by atoms with E-state index in [2.05, 4.69) is 4.74 Å². The number of rotatable bonds is 3. The van der Waals surface area contributed by atoms with Gasteiger partial charge in [-0.15, -0.1) is 0 Å². The van der Waals surface area contributed by atoms with Crippen LogP contribution in [0.1, 0.15) is 27.7 Å². The van der Waals surface area contributed by atoms with Crippen LogP contribution in [0.2, 0.25) is 0 Å². The highest BCUT2D eigenvalue weighted by Gasteiger charge is 2.48. The Balaban J connectivity index is 5.02. The van der Waals surface area contributed by atoms with E-state index in [-0.39, 0.29) is 0 Å². The summed E-state index contributed by atoms with van der Waals surface area (Å²) in [6.45, 7) is 6.52. The lowest BCUT2D eigenvalue weighted by atomic mass is 9.69. The van der Waals surface area contributed by atoms with Crippen LogP contribution in [-0.2, 0) is 14.3 Å². The van der Waals surface area contributed by atoms with E-state index in [0.717, 1.165) is 0 Å². The SMILES string of the molecule is COC(=O)C(C)(C)C(C)(C)C(=O)Cl. The van der Waals surface area contributed by atoms with Crippen molar-refractivity contribution >= 4 is 22.8 Å². The quantitative estimate of drug-likeness (QED) is 0.524. The molecular formula is C9H15ClO3. The van der Waals surface area contributed by atoms with E-state index in [9.17, 15) is 9.59 Å². The van der Waals surface area contributed by atoms with Crippen molar-refractivity contribution in [3.05, 3.63) is 0 Å². The summed E-state index contributed by atoms with van der Waals surface area (Å²) < 4.78 is 4.60. The second-order valence-electron chi connectivity index (χ2n) is 4.02. The number of halogens is 1. The summed E-state index contributed by atoms with van der Waals surface area (Å²) >= 11 is 5.41. The molecule has 0 aliphatic carbocycles. The van der Waals surface area contributed by atoms with Gasteiger partial charge in [0, 0.05) is 0 Å². The molecule has 0 aromatic carbocycles. The van der Waals surface area contributed by atoms with Crippen molar-refractivity contribution in [2.75, 3.05) is 7.11 Å². The highest BCUT2D eigenvalue weighted by Crippen LogP contribution is 2.41. The molecule has 76 valence electrons. The second kappa shape index (κ2) is 3.66. The van der Waals surface area contributed by atoms with Crippen LogP contribution in [0.15, 0.2) is 0 Å². The summed E-state index contributed by atoms with van der Waals surface area (Å²) in [5.41, 5.74) is -1.85. The molecule has 0 unspecified atom stereocenters. The highest BCUT2D eigenvalue weighted by molar-refractivity contribution is 6.64. The van der Waals surface area contributed by atoms with E-state index < -0.39 is 22.0 Å². The number of hydrogen-bond donors (Lipinski definition) is 0. The monoisotopic (exact) mass is 206 g/mol. The minimum absolute atomic E-state index is 0.438. The molecule has 0 aliphatic rings. The molecule has 0 spiro atoms. The first kappa shape index (κ1) is 12.4. The fourth-order valence-electron chi connectivity index (χ4n) is 0.756. The molecule has 4 heteroatoms. The normalized spacial score (nSPS) is 12.5. The fraction of sp³-hybridized carbons (Fsp3) is 0.778. The molecule has 0 fully saturated rings. The number of carbonyl (C=O) groups excluding carboxylic acids is 2. The molecule has 3 nitrogen and oxygen atoms in total. The molecule has 0 saturated heterocycles. The van der Waals surface area contributed by atoms with E-state index >= 15 is 0 Å². The van der Waals surface area contributed by atoms with Crippen LogP contribution in [0.4, 0.5) is 0 Å². The fourth-order valence-corrected chi connectivity index (χ4v) is 0.992. The predicted molar refractivity (Wildman–Crippen MR) is 50.4 cm³/mol. The van der Waals surface area contributed by atoms with Crippen LogP contribution in [0.5, 0.6) is 0 Å². The first-order valence-corrected chi connectivity index (χ1v) is 4.34. The highest BCUT2D eigenvalue weighted by atomic mass is 35.5. The number of carbonyl (C=O) groups is 2. The van der Waals surface area contributed by atoms with Gasteiger partial charge in [-0.05, 0) is 25.4 Å². The van der Waals surface area contributed by atoms with Crippen molar-refractivity contribution < 1.29 is 14.3 Å². The molecule has 0 aromatic rings. The second-order valence-corrected chi connectivity index (χ2v) is 4.36.